The van der Waals surface area contributed by atoms with Crippen LogP contribution in [-0.4, -0.2) is 49.5 Å². The van der Waals surface area contributed by atoms with E-state index in [9.17, 15) is 18.0 Å². The molecule has 8 heteroatoms. The average molecular weight is 502 g/mol. The molecule has 0 aliphatic rings. The Morgan fingerprint density at radius 3 is 1.91 bits per heavy atom. The first kappa shape index (κ1) is 28.4. The number of rotatable bonds is 8. The number of nitrogens with zero attached hydrogens (tertiary/aromatic N) is 2. The smallest absolute Gasteiger partial charge is 0.244 e. The first-order chi connectivity index (χ1) is 16.0. The van der Waals surface area contributed by atoms with Gasteiger partial charge in [0.25, 0.3) is 0 Å². The highest BCUT2D eigenvalue weighted by Crippen LogP contribution is 2.26. The van der Waals surface area contributed by atoms with E-state index in [4.69, 9.17) is 0 Å². The Kier molecular flexibility index (Phi) is 8.76. The minimum atomic E-state index is -3.76. The van der Waals surface area contributed by atoms with Crippen LogP contribution in [0, 0.1) is 0 Å². The summed E-state index contributed by atoms with van der Waals surface area (Å²) >= 11 is 0. The lowest BCUT2D eigenvalue weighted by atomic mass is 9.87. The maximum Gasteiger partial charge on any atom is 0.244 e. The lowest BCUT2D eigenvalue weighted by Gasteiger charge is -2.33. The maximum atomic E-state index is 13.6. The summed E-state index contributed by atoms with van der Waals surface area (Å²) in [6.45, 7) is 13.3. The van der Waals surface area contributed by atoms with Crippen molar-refractivity contribution in [2.24, 2.45) is 0 Å². The van der Waals surface area contributed by atoms with Crippen LogP contribution in [-0.2, 0) is 31.6 Å². The molecule has 0 bridgehead atoms. The fraction of sp³-hybridized carbons (Fsp3) is 0.481. The number of carbonyl (C=O) groups is 2. The third-order valence-electron chi connectivity index (χ3n) is 5.56. The van der Waals surface area contributed by atoms with Crippen LogP contribution in [0.2, 0.25) is 0 Å². The summed E-state index contributed by atoms with van der Waals surface area (Å²) in [5.41, 5.74) is 1.74. The van der Waals surface area contributed by atoms with Crippen LogP contribution >= 0.6 is 0 Å². The number of amides is 2. The Labute approximate surface area is 210 Å². The lowest BCUT2D eigenvalue weighted by Crippen LogP contribution is -2.54. The first-order valence-electron chi connectivity index (χ1n) is 11.7. The zero-order chi connectivity index (χ0) is 26.6. The molecule has 2 amide bonds. The van der Waals surface area contributed by atoms with E-state index in [1.165, 1.54) is 4.90 Å². The minimum absolute atomic E-state index is 0.0907. The van der Waals surface area contributed by atoms with Gasteiger partial charge < -0.3 is 10.2 Å². The largest absolute Gasteiger partial charge is 0.350 e. The van der Waals surface area contributed by atoms with Crippen LogP contribution in [0.1, 0.15) is 59.6 Å². The van der Waals surface area contributed by atoms with Gasteiger partial charge in [0.05, 0.1) is 11.9 Å². The topological polar surface area (TPSA) is 86.8 Å². The molecular weight excluding hydrogens is 462 g/mol. The van der Waals surface area contributed by atoms with Crippen molar-refractivity contribution in [1.82, 2.24) is 10.2 Å². The third-order valence-corrected chi connectivity index (χ3v) is 6.70. The van der Waals surface area contributed by atoms with Crippen LogP contribution in [0.25, 0.3) is 0 Å². The van der Waals surface area contributed by atoms with Crippen LogP contribution in [0.3, 0.4) is 0 Å². The van der Waals surface area contributed by atoms with Crippen LogP contribution in [0.4, 0.5) is 5.69 Å². The zero-order valence-electron chi connectivity index (χ0n) is 22.1. The Bertz CT molecular complexity index is 1120. The number of anilines is 1. The molecule has 1 atom stereocenters. The second-order valence-electron chi connectivity index (χ2n) is 11.0. The van der Waals surface area contributed by atoms with Gasteiger partial charge in [0.2, 0.25) is 21.8 Å². The number of hydrogen-bond acceptors (Lipinski definition) is 4. The number of hydrogen-bond donors (Lipinski definition) is 1. The highest BCUT2D eigenvalue weighted by Gasteiger charge is 2.31. The molecule has 0 aromatic heterocycles. The van der Waals surface area contributed by atoms with E-state index < -0.39 is 34.1 Å². The van der Waals surface area contributed by atoms with Gasteiger partial charge in [-0.2, -0.15) is 0 Å². The van der Waals surface area contributed by atoms with Gasteiger partial charge in [-0.25, -0.2) is 8.42 Å². The molecule has 2 aromatic carbocycles. The molecule has 0 fully saturated rings. The van der Waals surface area contributed by atoms with Crippen molar-refractivity contribution in [2.75, 3.05) is 17.1 Å². The second-order valence-corrected chi connectivity index (χ2v) is 12.9. The van der Waals surface area contributed by atoms with E-state index in [-0.39, 0.29) is 17.9 Å². The molecule has 2 rings (SSSR count). The Balaban J connectivity index is 2.39. The molecule has 0 saturated carbocycles. The second kappa shape index (κ2) is 10.8. The summed E-state index contributed by atoms with van der Waals surface area (Å²) in [4.78, 5) is 27.9. The quantitative estimate of drug-likeness (QED) is 0.590. The molecule has 1 N–H and O–H groups in total. The summed E-state index contributed by atoms with van der Waals surface area (Å²) in [6.07, 6.45) is 1.08. The molecule has 192 valence electrons. The van der Waals surface area contributed by atoms with Crippen LogP contribution in [0.15, 0.2) is 54.6 Å². The van der Waals surface area contributed by atoms with Crippen molar-refractivity contribution >= 4 is 27.5 Å². The summed E-state index contributed by atoms with van der Waals surface area (Å²) in [6, 6.07) is 15.7. The fourth-order valence-corrected chi connectivity index (χ4v) is 4.43. The van der Waals surface area contributed by atoms with Crippen molar-refractivity contribution in [3.63, 3.8) is 0 Å². The monoisotopic (exact) mass is 501 g/mol. The van der Waals surface area contributed by atoms with Gasteiger partial charge in [0.15, 0.2) is 0 Å². The summed E-state index contributed by atoms with van der Waals surface area (Å²) in [5.74, 6) is -0.766. The molecular formula is C27H39N3O4S. The highest BCUT2D eigenvalue weighted by atomic mass is 32.2. The maximum absolute atomic E-state index is 13.6. The number of benzene rings is 2. The van der Waals surface area contributed by atoms with Crippen molar-refractivity contribution < 1.29 is 18.0 Å². The van der Waals surface area contributed by atoms with Crippen molar-refractivity contribution in [1.29, 1.82) is 0 Å². The van der Waals surface area contributed by atoms with Crippen LogP contribution in [0.5, 0.6) is 0 Å². The molecule has 2 aromatic rings. The van der Waals surface area contributed by atoms with E-state index in [2.05, 4.69) is 26.1 Å². The number of carbonyl (C=O) groups excluding carboxylic acids is 2. The fourth-order valence-electron chi connectivity index (χ4n) is 3.58. The van der Waals surface area contributed by atoms with E-state index in [1.54, 1.807) is 19.1 Å². The minimum Gasteiger partial charge on any atom is -0.350 e. The highest BCUT2D eigenvalue weighted by molar-refractivity contribution is 7.92. The Morgan fingerprint density at radius 2 is 1.46 bits per heavy atom. The van der Waals surface area contributed by atoms with Gasteiger partial charge in [0, 0.05) is 12.1 Å². The third kappa shape index (κ3) is 8.38. The van der Waals surface area contributed by atoms with Crippen molar-refractivity contribution in [3.05, 3.63) is 65.7 Å². The Morgan fingerprint density at radius 1 is 0.914 bits per heavy atom. The number of sulfonamides is 1. The van der Waals surface area contributed by atoms with Crippen molar-refractivity contribution in [3.8, 4) is 0 Å². The predicted molar refractivity (Wildman–Crippen MR) is 142 cm³/mol. The van der Waals surface area contributed by atoms with E-state index >= 15 is 0 Å². The SMILES string of the molecule is CC(C(=O)NC(C)(C)C)N(Cc1ccccc1)C(=O)CN(c1ccc(C(C)(C)C)cc1)S(C)(=O)=O. The van der Waals surface area contributed by atoms with Gasteiger partial charge in [-0.05, 0) is 56.4 Å². The summed E-state index contributed by atoms with van der Waals surface area (Å²) < 4.78 is 26.5. The lowest BCUT2D eigenvalue weighted by molar-refractivity contribution is -0.140. The molecule has 7 nitrogen and oxygen atoms in total. The molecule has 0 aliphatic carbocycles. The molecule has 35 heavy (non-hydrogen) atoms. The average Bonchev–Trinajstić information content (AvgIpc) is 2.73. The van der Waals surface area contributed by atoms with Gasteiger partial charge in [0.1, 0.15) is 12.6 Å². The van der Waals surface area contributed by atoms with E-state index in [0.717, 1.165) is 21.7 Å². The summed E-state index contributed by atoms with van der Waals surface area (Å²) in [5, 5.41) is 2.91. The van der Waals surface area contributed by atoms with E-state index in [1.807, 2.05) is 63.2 Å². The van der Waals surface area contributed by atoms with Crippen LogP contribution < -0.4 is 9.62 Å². The molecule has 0 radical (unpaired) electrons. The molecule has 0 saturated heterocycles. The molecule has 1 unspecified atom stereocenters. The standard InChI is InChI=1S/C27H39N3O4S/c1-20(25(32)28-27(5,6)7)29(18-21-12-10-9-11-13-21)24(31)19-30(35(8,33)34)23-16-14-22(15-17-23)26(2,3)4/h9-17,20H,18-19H2,1-8H3,(H,28,32). The molecule has 0 aliphatic heterocycles. The van der Waals surface area contributed by atoms with Gasteiger partial charge in [-0.1, -0.05) is 63.2 Å². The zero-order valence-corrected chi connectivity index (χ0v) is 22.9. The van der Waals surface area contributed by atoms with E-state index in [0.29, 0.717) is 5.69 Å². The number of nitrogens with one attached hydrogen (secondary N) is 1. The molecule has 0 heterocycles. The summed E-state index contributed by atoms with van der Waals surface area (Å²) in [7, 11) is -3.76. The predicted octanol–water partition coefficient (Wildman–Crippen LogP) is 4.08. The van der Waals surface area contributed by atoms with Gasteiger partial charge in [-0.15, -0.1) is 0 Å². The van der Waals surface area contributed by atoms with Crippen molar-refractivity contribution in [2.45, 2.75) is 72.0 Å². The molecule has 0 spiro atoms. The van der Waals surface area contributed by atoms with Gasteiger partial charge >= 0.3 is 0 Å². The van der Waals surface area contributed by atoms with Gasteiger partial charge in [-0.3, -0.25) is 13.9 Å². The normalized spacial score (nSPS) is 13.1. The Hall–Kier alpha value is -2.87. The first-order valence-corrected chi connectivity index (χ1v) is 13.6.